The molecule has 3 aromatic rings. The van der Waals surface area contributed by atoms with Crippen molar-refractivity contribution in [2.45, 2.75) is 38.0 Å². The summed E-state index contributed by atoms with van der Waals surface area (Å²) in [7, 11) is 0. The maximum atomic E-state index is 13.6. The van der Waals surface area contributed by atoms with Crippen LogP contribution in [0.5, 0.6) is 0 Å². The van der Waals surface area contributed by atoms with Gasteiger partial charge in [-0.15, -0.1) is 0 Å². The normalized spacial score (nSPS) is 18.5. The van der Waals surface area contributed by atoms with Crippen LogP contribution in [-0.4, -0.2) is 37.0 Å². The van der Waals surface area contributed by atoms with Crippen molar-refractivity contribution in [2.24, 2.45) is 0 Å². The fourth-order valence-electron chi connectivity index (χ4n) is 4.20. The standard InChI is InChI=1S/C28H30FN5O2/c29-21-5-11-24(12-6-21)34(17-19-1-7-22(8-2-19)32-27(35)25-13-15-30-25)18-20-3-9-23(10-4-20)33-28(36)26-14-16-31-26/h1-12,25-26,30-31H,13-18H2,(H,32,35)(H,33,36)/t25-,26-/m0/s1. The van der Waals surface area contributed by atoms with Gasteiger partial charge in [-0.3, -0.25) is 9.59 Å². The van der Waals surface area contributed by atoms with Crippen LogP contribution in [0.15, 0.2) is 72.8 Å². The van der Waals surface area contributed by atoms with Crippen LogP contribution in [0.4, 0.5) is 21.5 Å². The van der Waals surface area contributed by atoms with Gasteiger partial charge in [0.15, 0.2) is 0 Å². The monoisotopic (exact) mass is 487 g/mol. The number of hydrogen-bond donors (Lipinski definition) is 4. The molecule has 0 aliphatic carbocycles. The number of halogens is 1. The number of hydrogen-bond acceptors (Lipinski definition) is 5. The van der Waals surface area contributed by atoms with Crippen molar-refractivity contribution < 1.29 is 14.0 Å². The zero-order valence-electron chi connectivity index (χ0n) is 20.0. The molecule has 2 atom stereocenters. The van der Waals surface area contributed by atoms with E-state index in [4.69, 9.17) is 0 Å². The molecular formula is C28H30FN5O2. The highest BCUT2D eigenvalue weighted by molar-refractivity contribution is 5.96. The largest absolute Gasteiger partial charge is 0.363 e. The minimum Gasteiger partial charge on any atom is -0.363 e. The molecule has 2 fully saturated rings. The number of carbonyl (C=O) groups excluding carboxylic acids is 2. The van der Waals surface area contributed by atoms with E-state index in [1.165, 1.54) is 12.1 Å². The van der Waals surface area contributed by atoms with Gasteiger partial charge in [-0.2, -0.15) is 0 Å². The van der Waals surface area contributed by atoms with E-state index in [1.807, 2.05) is 48.5 Å². The molecule has 186 valence electrons. The van der Waals surface area contributed by atoms with Crippen molar-refractivity contribution in [1.29, 1.82) is 0 Å². The maximum absolute atomic E-state index is 13.6. The summed E-state index contributed by atoms with van der Waals surface area (Å²) in [5, 5.41) is 12.1. The van der Waals surface area contributed by atoms with E-state index in [2.05, 4.69) is 26.2 Å². The second kappa shape index (κ2) is 10.9. The molecule has 2 saturated heterocycles. The van der Waals surface area contributed by atoms with Gasteiger partial charge in [-0.25, -0.2) is 4.39 Å². The highest BCUT2D eigenvalue weighted by Crippen LogP contribution is 2.23. The molecule has 36 heavy (non-hydrogen) atoms. The molecule has 2 aliphatic rings. The van der Waals surface area contributed by atoms with E-state index in [0.717, 1.165) is 54.1 Å². The van der Waals surface area contributed by atoms with Gasteiger partial charge in [0.1, 0.15) is 5.82 Å². The van der Waals surface area contributed by atoms with Crippen molar-refractivity contribution in [3.05, 3.63) is 89.7 Å². The quantitative estimate of drug-likeness (QED) is 0.370. The summed E-state index contributed by atoms with van der Waals surface area (Å²) in [4.78, 5) is 26.5. The fraction of sp³-hybridized carbons (Fsp3) is 0.286. The third kappa shape index (κ3) is 5.90. The van der Waals surface area contributed by atoms with Crippen LogP contribution in [0.1, 0.15) is 24.0 Å². The van der Waals surface area contributed by atoms with Crippen LogP contribution in [0, 0.1) is 5.82 Å². The van der Waals surface area contributed by atoms with Gasteiger partial charge in [-0.1, -0.05) is 24.3 Å². The van der Waals surface area contributed by atoms with Crippen LogP contribution in [-0.2, 0) is 22.7 Å². The van der Waals surface area contributed by atoms with E-state index in [9.17, 15) is 14.0 Å². The van der Waals surface area contributed by atoms with E-state index < -0.39 is 0 Å². The average molecular weight is 488 g/mol. The molecule has 0 saturated carbocycles. The Morgan fingerprint density at radius 1 is 0.722 bits per heavy atom. The summed E-state index contributed by atoms with van der Waals surface area (Å²) in [6, 6.07) is 21.9. The Bertz CT molecular complexity index is 1120. The van der Waals surface area contributed by atoms with E-state index in [0.29, 0.717) is 13.1 Å². The first-order valence-electron chi connectivity index (χ1n) is 12.3. The second-order valence-corrected chi connectivity index (χ2v) is 9.30. The smallest absolute Gasteiger partial charge is 0.241 e. The molecule has 0 radical (unpaired) electrons. The minimum atomic E-state index is -0.277. The zero-order chi connectivity index (χ0) is 24.9. The van der Waals surface area contributed by atoms with Crippen molar-refractivity contribution >= 4 is 28.9 Å². The number of benzene rings is 3. The first kappa shape index (κ1) is 24.0. The van der Waals surface area contributed by atoms with Crippen molar-refractivity contribution in [3.63, 3.8) is 0 Å². The lowest BCUT2D eigenvalue weighted by Crippen LogP contribution is -2.50. The Kier molecular flexibility index (Phi) is 7.25. The van der Waals surface area contributed by atoms with Gasteiger partial charge in [0.25, 0.3) is 0 Å². The van der Waals surface area contributed by atoms with Gasteiger partial charge < -0.3 is 26.2 Å². The van der Waals surface area contributed by atoms with Gasteiger partial charge >= 0.3 is 0 Å². The molecule has 2 amide bonds. The number of amides is 2. The molecule has 8 heteroatoms. The molecule has 0 bridgehead atoms. The molecule has 7 nitrogen and oxygen atoms in total. The summed E-state index contributed by atoms with van der Waals surface area (Å²) in [5.74, 6) is -0.295. The highest BCUT2D eigenvalue weighted by Gasteiger charge is 2.25. The third-order valence-electron chi connectivity index (χ3n) is 6.66. The molecular weight excluding hydrogens is 457 g/mol. The number of carbonyl (C=O) groups is 2. The topological polar surface area (TPSA) is 85.5 Å². The zero-order valence-corrected chi connectivity index (χ0v) is 20.0. The second-order valence-electron chi connectivity index (χ2n) is 9.30. The molecule has 4 N–H and O–H groups in total. The van der Waals surface area contributed by atoms with Crippen molar-refractivity contribution in [3.8, 4) is 0 Å². The van der Waals surface area contributed by atoms with Crippen LogP contribution in [0.2, 0.25) is 0 Å². The van der Waals surface area contributed by atoms with Crippen LogP contribution < -0.4 is 26.2 Å². The first-order chi connectivity index (χ1) is 17.5. The Balaban J connectivity index is 1.25. The molecule has 3 aromatic carbocycles. The van der Waals surface area contributed by atoms with Crippen LogP contribution in [0.3, 0.4) is 0 Å². The lowest BCUT2D eigenvalue weighted by molar-refractivity contribution is -0.120. The molecule has 0 spiro atoms. The highest BCUT2D eigenvalue weighted by atomic mass is 19.1. The summed E-state index contributed by atoms with van der Waals surface area (Å²) < 4.78 is 13.6. The van der Waals surface area contributed by atoms with Gasteiger partial charge in [0.2, 0.25) is 11.8 Å². The molecule has 0 aromatic heterocycles. The average Bonchev–Trinajstić information content (AvgIpc) is 2.79. The summed E-state index contributed by atoms with van der Waals surface area (Å²) >= 11 is 0. The molecule has 2 heterocycles. The third-order valence-corrected chi connectivity index (χ3v) is 6.66. The predicted molar refractivity (Wildman–Crippen MR) is 139 cm³/mol. The molecule has 5 rings (SSSR count). The Morgan fingerprint density at radius 2 is 1.14 bits per heavy atom. The summed E-state index contributed by atoms with van der Waals surface area (Å²) in [5.41, 5.74) is 4.56. The first-order valence-corrected chi connectivity index (χ1v) is 12.3. The van der Waals surface area contributed by atoms with Crippen LogP contribution in [0.25, 0.3) is 0 Å². The summed E-state index contributed by atoms with van der Waals surface area (Å²) in [6.07, 6.45) is 1.73. The van der Waals surface area contributed by atoms with Crippen molar-refractivity contribution in [2.75, 3.05) is 28.6 Å². The van der Waals surface area contributed by atoms with Gasteiger partial charge in [0.05, 0.1) is 12.1 Å². The number of nitrogens with zero attached hydrogens (tertiary/aromatic N) is 1. The van der Waals surface area contributed by atoms with Gasteiger partial charge in [-0.05, 0) is 85.6 Å². The van der Waals surface area contributed by atoms with Crippen molar-refractivity contribution in [1.82, 2.24) is 10.6 Å². The minimum absolute atomic E-state index is 0.00877. The van der Waals surface area contributed by atoms with Crippen LogP contribution >= 0.6 is 0 Å². The number of anilines is 3. The Labute approximate surface area is 210 Å². The molecule has 2 aliphatic heterocycles. The van der Waals surface area contributed by atoms with Gasteiger partial charge in [0, 0.05) is 30.2 Å². The maximum Gasteiger partial charge on any atom is 0.241 e. The lowest BCUT2D eigenvalue weighted by Gasteiger charge is -2.27. The number of nitrogens with one attached hydrogen (secondary N) is 4. The summed E-state index contributed by atoms with van der Waals surface area (Å²) in [6.45, 7) is 2.98. The fourth-order valence-corrected chi connectivity index (χ4v) is 4.20. The SMILES string of the molecule is O=C(Nc1ccc(CN(Cc2ccc(NC(=O)[C@@H]3CCN3)cc2)c2ccc(F)cc2)cc1)[C@@H]1CCN1. The molecule has 0 unspecified atom stereocenters. The van der Waals surface area contributed by atoms with E-state index in [1.54, 1.807) is 12.1 Å². The Morgan fingerprint density at radius 3 is 1.50 bits per heavy atom. The van der Waals surface area contributed by atoms with E-state index >= 15 is 0 Å². The predicted octanol–water partition coefficient (Wildman–Crippen LogP) is 3.63. The lowest BCUT2D eigenvalue weighted by atomic mass is 10.1. The van der Waals surface area contributed by atoms with E-state index in [-0.39, 0.29) is 29.7 Å². The Hall–Kier alpha value is -3.75. The number of rotatable bonds is 9.